The molecule has 0 saturated heterocycles. The molecule has 0 saturated carbocycles. The fraction of sp³-hybridized carbons (Fsp3) is 0.143. The Balaban J connectivity index is 2.51. The van der Waals surface area contributed by atoms with Crippen molar-refractivity contribution in [2.24, 2.45) is 0 Å². The highest BCUT2D eigenvalue weighted by molar-refractivity contribution is 7.92. The van der Waals surface area contributed by atoms with Crippen LogP contribution in [-0.4, -0.2) is 13.3 Å². The molecule has 1 N–H and O–H groups in total. The number of sulfonamides is 1. The Kier molecular flexibility index (Phi) is 4.84. The molecule has 0 aliphatic rings. The maximum Gasteiger partial charge on any atom is 0.274 e. The first-order valence-corrected chi connectivity index (χ1v) is 8.60. The number of halogens is 2. The van der Waals surface area contributed by atoms with E-state index in [1.807, 2.05) is 0 Å². The van der Waals surface area contributed by atoms with Crippen molar-refractivity contribution in [3.05, 3.63) is 61.6 Å². The minimum absolute atomic E-state index is 0.0983. The smallest absolute Gasteiger partial charge is 0.274 e. The molecule has 6 nitrogen and oxygen atoms in total. The zero-order valence-electron chi connectivity index (χ0n) is 12.1. The van der Waals surface area contributed by atoms with Crippen LogP contribution in [0, 0.1) is 24.0 Å². The lowest BCUT2D eigenvalue weighted by molar-refractivity contribution is -0.385. The van der Waals surface area contributed by atoms with Crippen LogP contribution in [0.5, 0.6) is 0 Å². The Hall–Kier alpha value is -1.83. The second kappa shape index (κ2) is 6.35. The van der Waals surface area contributed by atoms with Gasteiger partial charge in [-0.15, -0.1) is 0 Å². The van der Waals surface area contributed by atoms with Gasteiger partial charge in [0, 0.05) is 11.6 Å². The van der Waals surface area contributed by atoms with Gasteiger partial charge in [0.15, 0.2) is 0 Å². The summed E-state index contributed by atoms with van der Waals surface area (Å²) < 4.78 is 27.3. The molecule has 2 aromatic carbocycles. The highest BCUT2D eigenvalue weighted by atomic mass is 35.5. The molecule has 0 heterocycles. The molecule has 0 atom stereocenters. The van der Waals surface area contributed by atoms with Crippen molar-refractivity contribution in [1.29, 1.82) is 0 Å². The zero-order valence-corrected chi connectivity index (χ0v) is 14.5. The van der Waals surface area contributed by atoms with Crippen LogP contribution < -0.4 is 4.72 Å². The fourth-order valence-electron chi connectivity index (χ4n) is 2.04. The quantitative estimate of drug-likeness (QED) is 0.637. The fourth-order valence-corrected chi connectivity index (χ4v) is 3.92. The molecule has 2 rings (SSSR count). The molecule has 122 valence electrons. The Morgan fingerprint density at radius 1 is 1.13 bits per heavy atom. The number of hydrogen-bond donors (Lipinski definition) is 1. The maximum absolute atomic E-state index is 12.5. The maximum atomic E-state index is 12.5. The second-order valence-corrected chi connectivity index (χ2v) is 7.30. The molecule has 0 spiro atoms. The SMILES string of the molecule is Cc1cc(C)c([N+](=O)[O-])cc1NS(=O)(=O)c1cccc(Cl)c1Cl. The van der Waals surface area contributed by atoms with Crippen LogP contribution in [0.4, 0.5) is 11.4 Å². The lowest BCUT2D eigenvalue weighted by Gasteiger charge is -2.13. The van der Waals surface area contributed by atoms with Gasteiger partial charge in [-0.05, 0) is 37.6 Å². The van der Waals surface area contributed by atoms with Crippen molar-refractivity contribution in [3.63, 3.8) is 0 Å². The van der Waals surface area contributed by atoms with E-state index in [0.717, 1.165) is 0 Å². The van der Waals surface area contributed by atoms with E-state index in [-0.39, 0.29) is 26.3 Å². The first kappa shape index (κ1) is 17.5. The minimum atomic E-state index is -4.03. The van der Waals surface area contributed by atoms with Crippen molar-refractivity contribution in [3.8, 4) is 0 Å². The number of aryl methyl sites for hydroxylation is 2. The molecular formula is C14H12Cl2N2O4S. The molecule has 0 amide bonds. The Morgan fingerprint density at radius 3 is 2.39 bits per heavy atom. The van der Waals surface area contributed by atoms with Gasteiger partial charge >= 0.3 is 0 Å². The highest BCUT2D eigenvalue weighted by Gasteiger charge is 2.22. The van der Waals surface area contributed by atoms with Crippen LogP contribution >= 0.6 is 23.2 Å². The molecule has 23 heavy (non-hydrogen) atoms. The number of nitrogens with one attached hydrogen (secondary N) is 1. The van der Waals surface area contributed by atoms with Crippen molar-refractivity contribution >= 4 is 44.6 Å². The van der Waals surface area contributed by atoms with E-state index in [0.29, 0.717) is 11.1 Å². The number of rotatable bonds is 4. The molecule has 0 aliphatic heterocycles. The number of nitro benzene ring substituents is 1. The summed E-state index contributed by atoms with van der Waals surface area (Å²) in [7, 11) is -4.03. The van der Waals surface area contributed by atoms with Gasteiger partial charge in [-0.25, -0.2) is 8.42 Å². The van der Waals surface area contributed by atoms with Gasteiger partial charge < -0.3 is 0 Å². The summed E-state index contributed by atoms with van der Waals surface area (Å²) in [6, 6.07) is 6.93. The van der Waals surface area contributed by atoms with Crippen LogP contribution in [0.3, 0.4) is 0 Å². The Morgan fingerprint density at radius 2 is 1.78 bits per heavy atom. The van der Waals surface area contributed by atoms with Crippen molar-refractivity contribution in [1.82, 2.24) is 0 Å². The Labute approximate surface area is 143 Å². The van der Waals surface area contributed by atoms with Gasteiger partial charge in [0.25, 0.3) is 15.7 Å². The van der Waals surface area contributed by atoms with Crippen LogP contribution in [0.15, 0.2) is 35.2 Å². The molecular weight excluding hydrogens is 363 g/mol. The molecule has 0 radical (unpaired) electrons. The molecule has 0 aromatic heterocycles. The van der Waals surface area contributed by atoms with Crippen LogP contribution in [-0.2, 0) is 10.0 Å². The first-order chi connectivity index (χ1) is 10.6. The van der Waals surface area contributed by atoms with E-state index >= 15 is 0 Å². The van der Waals surface area contributed by atoms with Gasteiger partial charge in [-0.1, -0.05) is 29.3 Å². The summed E-state index contributed by atoms with van der Waals surface area (Å²) in [6.07, 6.45) is 0. The van der Waals surface area contributed by atoms with E-state index < -0.39 is 14.9 Å². The third-order valence-corrected chi connectivity index (χ3v) is 5.53. The summed E-state index contributed by atoms with van der Waals surface area (Å²) in [6.45, 7) is 3.23. The topological polar surface area (TPSA) is 89.3 Å². The van der Waals surface area contributed by atoms with Gasteiger partial charge in [-0.3, -0.25) is 14.8 Å². The van der Waals surface area contributed by atoms with Crippen LogP contribution in [0.25, 0.3) is 0 Å². The highest BCUT2D eigenvalue weighted by Crippen LogP contribution is 2.32. The van der Waals surface area contributed by atoms with Crippen LogP contribution in [0.2, 0.25) is 10.0 Å². The van der Waals surface area contributed by atoms with Gasteiger partial charge in [0.1, 0.15) is 4.90 Å². The lowest BCUT2D eigenvalue weighted by atomic mass is 10.1. The first-order valence-electron chi connectivity index (χ1n) is 6.36. The third kappa shape index (κ3) is 3.57. The second-order valence-electron chi connectivity index (χ2n) is 4.87. The lowest BCUT2D eigenvalue weighted by Crippen LogP contribution is -2.14. The molecule has 0 fully saturated rings. The summed E-state index contributed by atoms with van der Waals surface area (Å²) in [5, 5.41) is 11.0. The molecule has 0 aliphatic carbocycles. The summed E-state index contributed by atoms with van der Waals surface area (Å²) in [5.41, 5.74) is 0.926. The van der Waals surface area contributed by atoms with Gasteiger partial charge in [0.2, 0.25) is 0 Å². The number of anilines is 1. The predicted molar refractivity (Wildman–Crippen MR) is 89.8 cm³/mol. The zero-order chi connectivity index (χ0) is 17.4. The van der Waals surface area contributed by atoms with Crippen molar-refractivity contribution in [2.75, 3.05) is 4.72 Å². The van der Waals surface area contributed by atoms with E-state index in [1.54, 1.807) is 13.8 Å². The number of hydrogen-bond acceptors (Lipinski definition) is 4. The average Bonchev–Trinajstić information content (AvgIpc) is 2.44. The monoisotopic (exact) mass is 374 g/mol. The molecule has 9 heteroatoms. The largest absolute Gasteiger partial charge is 0.279 e. The summed E-state index contributed by atoms with van der Waals surface area (Å²) in [4.78, 5) is 10.2. The van der Waals surface area contributed by atoms with E-state index in [1.165, 1.54) is 30.3 Å². The molecule has 0 bridgehead atoms. The summed E-state index contributed by atoms with van der Waals surface area (Å²) in [5.74, 6) is 0. The third-order valence-electron chi connectivity index (χ3n) is 3.19. The normalized spacial score (nSPS) is 11.3. The average molecular weight is 375 g/mol. The minimum Gasteiger partial charge on any atom is -0.279 e. The van der Waals surface area contributed by atoms with E-state index in [9.17, 15) is 18.5 Å². The van der Waals surface area contributed by atoms with Gasteiger partial charge in [0.05, 0.1) is 20.7 Å². The standard InChI is InChI=1S/C14H12Cl2N2O4S/c1-8-6-9(2)12(18(19)20)7-11(8)17-23(21,22)13-5-3-4-10(15)14(13)16/h3-7,17H,1-2H3. The van der Waals surface area contributed by atoms with Crippen LogP contribution in [0.1, 0.15) is 11.1 Å². The molecule has 2 aromatic rings. The number of nitrogens with zero attached hydrogens (tertiary/aromatic N) is 1. The van der Waals surface area contributed by atoms with Crippen molar-refractivity contribution < 1.29 is 13.3 Å². The van der Waals surface area contributed by atoms with Gasteiger partial charge in [-0.2, -0.15) is 0 Å². The predicted octanol–water partition coefficient (Wildman–Crippen LogP) is 4.32. The molecule has 0 unspecified atom stereocenters. The summed E-state index contributed by atoms with van der Waals surface area (Å²) >= 11 is 11.8. The number of benzene rings is 2. The Bertz CT molecular complexity index is 898. The number of nitro groups is 1. The van der Waals surface area contributed by atoms with Crippen molar-refractivity contribution in [2.45, 2.75) is 18.7 Å². The van der Waals surface area contributed by atoms with E-state index in [2.05, 4.69) is 4.72 Å². The van der Waals surface area contributed by atoms with E-state index in [4.69, 9.17) is 23.2 Å².